The molecule has 1 fully saturated rings. The number of nitrogens with zero attached hydrogens (tertiary/aromatic N) is 1. The maximum absolute atomic E-state index is 13.1. The number of benzene rings is 1. The maximum Gasteiger partial charge on any atom is 0.416 e. The van der Waals surface area contributed by atoms with E-state index in [0.717, 1.165) is 37.1 Å². The van der Waals surface area contributed by atoms with E-state index in [9.17, 15) is 13.2 Å². The van der Waals surface area contributed by atoms with Gasteiger partial charge in [0, 0.05) is 36.1 Å². The van der Waals surface area contributed by atoms with Gasteiger partial charge < -0.3 is 5.32 Å². The minimum absolute atomic E-state index is 0. The third-order valence-electron chi connectivity index (χ3n) is 3.95. The van der Waals surface area contributed by atoms with Crippen molar-refractivity contribution in [3.8, 4) is 0 Å². The predicted molar refractivity (Wildman–Crippen MR) is 94.3 cm³/mol. The SMILES string of the molecule is Cl.FC(F)(F)c1ccc(Cl)c([C@@H](c2cccs2)N2CCNCC2)c1. The lowest BCUT2D eigenvalue weighted by Crippen LogP contribution is -2.45. The summed E-state index contributed by atoms with van der Waals surface area (Å²) < 4.78 is 39.3. The first-order valence-electron chi connectivity index (χ1n) is 7.31. The summed E-state index contributed by atoms with van der Waals surface area (Å²) in [6.07, 6.45) is -4.37. The predicted octanol–water partition coefficient (Wildman–Crippen LogP) is 4.84. The van der Waals surface area contributed by atoms with Crippen molar-refractivity contribution in [2.45, 2.75) is 12.2 Å². The van der Waals surface area contributed by atoms with Crippen molar-refractivity contribution in [2.24, 2.45) is 0 Å². The van der Waals surface area contributed by atoms with Crippen molar-refractivity contribution < 1.29 is 13.2 Å². The van der Waals surface area contributed by atoms with Crippen LogP contribution >= 0.6 is 35.3 Å². The van der Waals surface area contributed by atoms with Crippen LogP contribution in [-0.2, 0) is 6.18 Å². The first kappa shape index (κ1) is 19.5. The highest BCUT2D eigenvalue weighted by Crippen LogP contribution is 2.39. The first-order valence-corrected chi connectivity index (χ1v) is 8.57. The second-order valence-electron chi connectivity index (χ2n) is 5.44. The zero-order chi connectivity index (χ0) is 16.4. The van der Waals surface area contributed by atoms with Crippen molar-refractivity contribution in [1.29, 1.82) is 0 Å². The molecule has 0 unspecified atom stereocenters. The molecule has 1 aliphatic heterocycles. The number of nitrogens with one attached hydrogen (secondary N) is 1. The van der Waals surface area contributed by atoms with Gasteiger partial charge in [-0.15, -0.1) is 23.7 Å². The van der Waals surface area contributed by atoms with Gasteiger partial charge in [0.05, 0.1) is 11.6 Å². The third-order valence-corrected chi connectivity index (χ3v) is 5.22. The molecule has 1 aliphatic rings. The van der Waals surface area contributed by atoms with Gasteiger partial charge in [-0.2, -0.15) is 13.2 Å². The quantitative estimate of drug-likeness (QED) is 0.798. The molecule has 2 heterocycles. The molecule has 24 heavy (non-hydrogen) atoms. The Kier molecular flexibility index (Phi) is 6.56. The number of thiophene rings is 1. The summed E-state index contributed by atoms with van der Waals surface area (Å²) in [6, 6.07) is 7.20. The van der Waals surface area contributed by atoms with Crippen LogP contribution in [0.2, 0.25) is 5.02 Å². The van der Waals surface area contributed by atoms with Crippen LogP contribution in [0.1, 0.15) is 22.0 Å². The van der Waals surface area contributed by atoms with Crippen LogP contribution in [0.25, 0.3) is 0 Å². The van der Waals surface area contributed by atoms with E-state index in [2.05, 4.69) is 10.2 Å². The molecule has 1 saturated heterocycles. The van der Waals surface area contributed by atoms with Gasteiger partial charge in [0.25, 0.3) is 0 Å². The smallest absolute Gasteiger partial charge is 0.314 e. The lowest BCUT2D eigenvalue weighted by Gasteiger charge is -2.35. The fourth-order valence-electron chi connectivity index (χ4n) is 2.85. The average molecular weight is 397 g/mol. The monoisotopic (exact) mass is 396 g/mol. The summed E-state index contributed by atoms with van der Waals surface area (Å²) in [5.74, 6) is 0. The minimum Gasteiger partial charge on any atom is -0.314 e. The van der Waals surface area contributed by atoms with E-state index in [4.69, 9.17) is 11.6 Å². The van der Waals surface area contributed by atoms with Gasteiger partial charge in [0.2, 0.25) is 0 Å². The van der Waals surface area contributed by atoms with Crippen molar-refractivity contribution >= 4 is 35.3 Å². The Hall–Kier alpha value is -0.790. The van der Waals surface area contributed by atoms with Gasteiger partial charge in [0.1, 0.15) is 0 Å². The summed E-state index contributed by atoms with van der Waals surface area (Å²) in [7, 11) is 0. The molecule has 2 aromatic rings. The van der Waals surface area contributed by atoms with Crippen LogP contribution in [-0.4, -0.2) is 31.1 Å². The van der Waals surface area contributed by atoms with Crippen LogP contribution in [0, 0.1) is 0 Å². The largest absolute Gasteiger partial charge is 0.416 e. The number of piperazine rings is 1. The van der Waals surface area contributed by atoms with E-state index in [1.165, 1.54) is 23.5 Å². The second-order valence-corrected chi connectivity index (χ2v) is 6.82. The van der Waals surface area contributed by atoms with E-state index in [1.807, 2.05) is 17.5 Å². The van der Waals surface area contributed by atoms with Gasteiger partial charge in [-0.25, -0.2) is 0 Å². The highest BCUT2D eigenvalue weighted by atomic mass is 35.5. The lowest BCUT2D eigenvalue weighted by atomic mass is 10.00. The average Bonchev–Trinajstić information content (AvgIpc) is 3.03. The molecular weight excluding hydrogens is 380 g/mol. The maximum atomic E-state index is 13.1. The topological polar surface area (TPSA) is 15.3 Å². The Morgan fingerprint density at radius 3 is 2.46 bits per heavy atom. The van der Waals surface area contributed by atoms with Crippen molar-refractivity contribution in [3.63, 3.8) is 0 Å². The molecule has 0 spiro atoms. The van der Waals surface area contributed by atoms with Gasteiger partial charge in [0.15, 0.2) is 0 Å². The molecule has 2 nitrogen and oxygen atoms in total. The Labute approximate surface area is 154 Å². The fourth-order valence-corrected chi connectivity index (χ4v) is 3.94. The number of hydrogen-bond acceptors (Lipinski definition) is 3. The molecule has 0 bridgehead atoms. The van der Waals surface area contributed by atoms with Crippen molar-refractivity contribution in [2.75, 3.05) is 26.2 Å². The molecule has 8 heteroatoms. The Balaban J connectivity index is 0.00000208. The fraction of sp³-hybridized carbons (Fsp3) is 0.375. The highest BCUT2D eigenvalue weighted by Gasteiger charge is 2.33. The molecule has 0 aliphatic carbocycles. The Bertz CT molecular complexity index is 656. The molecule has 3 rings (SSSR count). The van der Waals surface area contributed by atoms with Crippen LogP contribution in [0.4, 0.5) is 13.2 Å². The summed E-state index contributed by atoms with van der Waals surface area (Å²) >= 11 is 7.81. The van der Waals surface area contributed by atoms with Crippen LogP contribution in [0.15, 0.2) is 35.7 Å². The first-order chi connectivity index (χ1) is 11.0. The van der Waals surface area contributed by atoms with E-state index < -0.39 is 11.7 Å². The van der Waals surface area contributed by atoms with Crippen LogP contribution < -0.4 is 5.32 Å². The van der Waals surface area contributed by atoms with E-state index in [-0.39, 0.29) is 18.4 Å². The highest BCUT2D eigenvalue weighted by molar-refractivity contribution is 7.10. The van der Waals surface area contributed by atoms with Crippen LogP contribution in [0.3, 0.4) is 0 Å². The standard InChI is InChI=1S/C16H16ClF3N2S.ClH/c17-13-4-3-11(16(18,19)20)10-12(13)15(14-2-1-9-23-14)22-7-5-21-6-8-22;/h1-4,9-10,15,21H,5-8H2;1H/t15-;/m0./s1. The lowest BCUT2D eigenvalue weighted by molar-refractivity contribution is -0.137. The number of rotatable bonds is 3. The molecule has 132 valence electrons. The Morgan fingerprint density at radius 1 is 1.17 bits per heavy atom. The van der Waals surface area contributed by atoms with Crippen LogP contribution in [0.5, 0.6) is 0 Å². The summed E-state index contributed by atoms with van der Waals surface area (Å²) in [6.45, 7) is 3.18. The van der Waals surface area contributed by atoms with Crippen molar-refractivity contribution in [1.82, 2.24) is 10.2 Å². The van der Waals surface area contributed by atoms with Gasteiger partial charge >= 0.3 is 6.18 Å². The molecular formula is C16H17Cl2F3N2S. The zero-order valence-electron chi connectivity index (χ0n) is 12.6. The van der Waals surface area contributed by atoms with E-state index >= 15 is 0 Å². The third kappa shape index (κ3) is 4.24. The summed E-state index contributed by atoms with van der Waals surface area (Å²) in [4.78, 5) is 3.19. The van der Waals surface area contributed by atoms with Gasteiger partial charge in [-0.1, -0.05) is 17.7 Å². The van der Waals surface area contributed by atoms with Gasteiger partial charge in [-0.3, -0.25) is 4.90 Å². The molecule has 0 saturated carbocycles. The van der Waals surface area contributed by atoms with Gasteiger partial charge in [-0.05, 0) is 35.2 Å². The summed E-state index contributed by atoms with van der Waals surface area (Å²) in [5, 5.41) is 5.57. The minimum atomic E-state index is -4.37. The Morgan fingerprint density at radius 2 is 1.88 bits per heavy atom. The zero-order valence-corrected chi connectivity index (χ0v) is 15.0. The molecule has 1 aromatic carbocycles. The molecule has 1 atom stereocenters. The molecule has 0 radical (unpaired) electrons. The molecule has 0 amide bonds. The normalized spacial score (nSPS) is 17.3. The number of alkyl halides is 3. The van der Waals surface area contributed by atoms with Crippen molar-refractivity contribution in [3.05, 3.63) is 56.7 Å². The van der Waals surface area contributed by atoms with E-state index in [1.54, 1.807) is 0 Å². The second kappa shape index (κ2) is 8.06. The number of hydrogen-bond donors (Lipinski definition) is 1. The molecule has 1 aromatic heterocycles. The summed E-state index contributed by atoms with van der Waals surface area (Å²) in [5.41, 5.74) is -0.139. The van der Waals surface area contributed by atoms with E-state index in [0.29, 0.717) is 10.6 Å². The number of halogens is 5. The molecule has 1 N–H and O–H groups in total.